The van der Waals surface area contributed by atoms with Gasteiger partial charge < -0.3 is 10.2 Å². The minimum Gasteiger partial charge on any atom is -0.385 e. The highest BCUT2D eigenvalue weighted by molar-refractivity contribution is 9.10. The topological polar surface area (TPSA) is 41.1 Å². The van der Waals surface area contributed by atoms with E-state index < -0.39 is 0 Å². The minimum absolute atomic E-state index is 0.836. The molecule has 0 saturated carbocycles. The van der Waals surface area contributed by atoms with Crippen LogP contribution >= 0.6 is 15.9 Å². The van der Waals surface area contributed by atoms with Crippen molar-refractivity contribution >= 4 is 33.3 Å². The van der Waals surface area contributed by atoms with Crippen LogP contribution in [0.25, 0.3) is 0 Å². The first kappa shape index (κ1) is 11.9. The first-order valence-corrected chi connectivity index (χ1v) is 6.00. The summed E-state index contributed by atoms with van der Waals surface area (Å²) >= 11 is 3.49. The molecule has 0 unspecified atom stereocenters. The summed E-state index contributed by atoms with van der Waals surface area (Å²) in [5.74, 6) is 1.68. The monoisotopic (exact) mass is 292 g/mol. The Morgan fingerprint density at radius 2 is 1.76 bits per heavy atom. The molecule has 0 aliphatic carbocycles. The van der Waals surface area contributed by atoms with Gasteiger partial charge in [0.25, 0.3) is 0 Å². The van der Waals surface area contributed by atoms with E-state index >= 15 is 0 Å². The second-order valence-electron chi connectivity index (χ2n) is 3.49. The minimum atomic E-state index is 0.836. The standard InChI is InChI=1S/C12H13BrN4/c1-14-10-6-4-8-16-12(10)17(2)11-9(13)5-3-7-15-11/h3-8,14H,1-2H3. The van der Waals surface area contributed by atoms with E-state index in [1.165, 1.54) is 0 Å². The molecule has 0 aromatic carbocycles. The molecule has 0 atom stereocenters. The summed E-state index contributed by atoms with van der Waals surface area (Å²) < 4.78 is 0.940. The molecule has 88 valence electrons. The molecule has 2 heterocycles. The van der Waals surface area contributed by atoms with Crippen molar-refractivity contribution in [1.82, 2.24) is 9.97 Å². The third kappa shape index (κ3) is 2.39. The van der Waals surface area contributed by atoms with E-state index in [9.17, 15) is 0 Å². The number of hydrogen-bond donors (Lipinski definition) is 1. The number of anilines is 3. The first-order valence-electron chi connectivity index (χ1n) is 5.21. The van der Waals surface area contributed by atoms with Crippen molar-refractivity contribution in [2.24, 2.45) is 0 Å². The van der Waals surface area contributed by atoms with Gasteiger partial charge in [-0.05, 0) is 40.2 Å². The number of rotatable bonds is 3. The van der Waals surface area contributed by atoms with Gasteiger partial charge in [-0.3, -0.25) is 0 Å². The molecule has 0 aliphatic heterocycles. The lowest BCUT2D eigenvalue weighted by atomic mass is 10.3. The molecule has 1 N–H and O–H groups in total. The summed E-state index contributed by atoms with van der Waals surface area (Å²) in [6, 6.07) is 7.73. The number of nitrogens with zero attached hydrogens (tertiary/aromatic N) is 3. The van der Waals surface area contributed by atoms with Crippen molar-refractivity contribution in [3.63, 3.8) is 0 Å². The van der Waals surface area contributed by atoms with Crippen molar-refractivity contribution in [2.45, 2.75) is 0 Å². The lowest BCUT2D eigenvalue weighted by molar-refractivity contribution is 1.07. The number of nitrogens with one attached hydrogen (secondary N) is 1. The van der Waals surface area contributed by atoms with Crippen LogP contribution in [-0.4, -0.2) is 24.1 Å². The molecular formula is C12H13BrN4. The largest absolute Gasteiger partial charge is 0.385 e. The van der Waals surface area contributed by atoms with Crippen LogP contribution in [-0.2, 0) is 0 Å². The van der Waals surface area contributed by atoms with Crippen molar-refractivity contribution < 1.29 is 0 Å². The fourth-order valence-electron chi connectivity index (χ4n) is 1.58. The Hall–Kier alpha value is -1.62. The quantitative estimate of drug-likeness (QED) is 0.944. The molecule has 4 nitrogen and oxygen atoms in total. The molecule has 2 aromatic heterocycles. The van der Waals surface area contributed by atoms with E-state index in [1.807, 2.05) is 43.3 Å². The average Bonchev–Trinajstić information content (AvgIpc) is 2.38. The SMILES string of the molecule is CNc1cccnc1N(C)c1ncccc1Br. The van der Waals surface area contributed by atoms with E-state index in [0.29, 0.717) is 0 Å². The third-order valence-electron chi connectivity index (χ3n) is 2.43. The van der Waals surface area contributed by atoms with E-state index in [-0.39, 0.29) is 0 Å². The van der Waals surface area contributed by atoms with Crippen LogP contribution in [0.2, 0.25) is 0 Å². The molecule has 0 amide bonds. The van der Waals surface area contributed by atoms with Gasteiger partial charge in [0.2, 0.25) is 0 Å². The molecular weight excluding hydrogens is 280 g/mol. The number of pyridine rings is 2. The molecule has 2 rings (SSSR count). The van der Waals surface area contributed by atoms with Crippen molar-refractivity contribution in [1.29, 1.82) is 0 Å². The molecule has 5 heteroatoms. The van der Waals surface area contributed by atoms with Crippen LogP contribution in [0.3, 0.4) is 0 Å². The first-order chi connectivity index (χ1) is 8.24. The van der Waals surface area contributed by atoms with Crippen LogP contribution in [0.4, 0.5) is 17.3 Å². The van der Waals surface area contributed by atoms with Gasteiger partial charge in [-0.25, -0.2) is 9.97 Å². The molecule has 17 heavy (non-hydrogen) atoms. The highest BCUT2D eigenvalue weighted by Crippen LogP contribution is 2.30. The lowest BCUT2D eigenvalue weighted by Gasteiger charge is -2.20. The van der Waals surface area contributed by atoms with Gasteiger partial charge in [0.1, 0.15) is 5.82 Å². The van der Waals surface area contributed by atoms with Crippen molar-refractivity contribution in [3.05, 3.63) is 41.1 Å². The fraction of sp³-hybridized carbons (Fsp3) is 0.167. The van der Waals surface area contributed by atoms with Crippen LogP contribution in [0.1, 0.15) is 0 Å². The van der Waals surface area contributed by atoms with Crippen molar-refractivity contribution in [2.75, 3.05) is 24.3 Å². The number of halogens is 1. The van der Waals surface area contributed by atoms with E-state index in [0.717, 1.165) is 21.8 Å². The van der Waals surface area contributed by atoms with Crippen LogP contribution < -0.4 is 10.2 Å². The summed E-state index contributed by atoms with van der Waals surface area (Å²) in [5.41, 5.74) is 0.965. The normalized spacial score (nSPS) is 10.1. The smallest absolute Gasteiger partial charge is 0.157 e. The predicted octanol–water partition coefficient (Wildman–Crippen LogP) is 3.05. The van der Waals surface area contributed by atoms with Gasteiger partial charge in [0.05, 0.1) is 10.2 Å². The highest BCUT2D eigenvalue weighted by atomic mass is 79.9. The molecule has 0 radical (unpaired) electrons. The molecule has 0 saturated heterocycles. The Kier molecular flexibility index (Phi) is 3.58. The lowest BCUT2D eigenvalue weighted by Crippen LogP contribution is -2.15. The molecule has 0 aliphatic rings. The fourth-order valence-corrected chi connectivity index (χ4v) is 2.10. The van der Waals surface area contributed by atoms with Crippen molar-refractivity contribution in [3.8, 4) is 0 Å². The Morgan fingerprint density at radius 1 is 1.12 bits per heavy atom. The zero-order valence-corrected chi connectivity index (χ0v) is 11.3. The zero-order chi connectivity index (χ0) is 12.3. The summed E-state index contributed by atoms with van der Waals surface area (Å²) in [4.78, 5) is 10.7. The molecule has 2 aromatic rings. The maximum absolute atomic E-state index is 4.37. The van der Waals surface area contributed by atoms with Gasteiger partial charge in [0, 0.05) is 26.5 Å². The highest BCUT2D eigenvalue weighted by Gasteiger charge is 2.12. The zero-order valence-electron chi connectivity index (χ0n) is 9.68. The summed E-state index contributed by atoms with van der Waals surface area (Å²) in [6.45, 7) is 0. The average molecular weight is 293 g/mol. The predicted molar refractivity (Wildman–Crippen MR) is 73.8 cm³/mol. The van der Waals surface area contributed by atoms with Crippen LogP contribution in [0.15, 0.2) is 41.1 Å². The second-order valence-corrected chi connectivity index (χ2v) is 4.35. The summed E-state index contributed by atoms with van der Waals surface area (Å²) in [6.07, 6.45) is 3.53. The van der Waals surface area contributed by atoms with Crippen LogP contribution in [0.5, 0.6) is 0 Å². The maximum Gasteiger partial charge on any atom is 0.157 e. The van der Waals surface area contributed by atoms with E-state index in [2.05, 4.69) is 31.2 Å². The Balaban J connectivity index is 2.44. The molecule has 0 bridgehead atoms. The number of aromatic nitrogens is 2. The summed E-state index contributed by atoms with van der Waals surface area (Å²) in [7, 11) is 3.82. The second kappa shape index (κ2) is 5.14. The van der Waals surface area contributed by atoms with Crippen LogP contribution in [0, 0.1) is 0 Å². The van der Waals surface area contributed by atoms with E-state index in [4.69, 9.17) is 0 Å². The Labute approximate surface area is 109 Å². The Bertz CT molecular complexity index is 515. The molecule has 0 spiro atoms. The van der Waals surface area contributed by atoms with Gasteiger partial charge in [0.15, 0.2) is 5.82 Å². The molecule has 0 fully saturated rings. The van der Waals surface area contributed by atoms with Gasteiger partial charge >= 0.3 is 0 Å². The number of hydrogen-bond acceptors (Lipinski definition) is 4. The van der Waals surface area contributed by atoms with Gasteiger partial charge in [-0.15, -0.1) is 0 Å². The third-order valence-corrected chi connectivity index (χ3v) is 3.05. The van der Waals surface area contributed by atoms with Gasteiger partial charge in [-0.1, -0.05) is 0 Å². The Morgan fingerprint density at radius 3 is 2.41 bits per heavy atom. The summed E-state index contributed by atoms with van der Waals surface area (Å²) in [5, 5.41) is 3.12. The van der Waals surface area contributed by atoms with Gasteiger partial charge in [-0.2, -0.15) is 0 Å². The van der Waals surface area contributed by atoms with E-state index in [1.54, 1.807) is 12.4 Å². The maximum atomic E-state index is 4.37.